The zero-order valence-electron chi connectivity index (χ0n) is 9.89. The molecule has 0 aliphatic carbocycles. The highest BCUT2D eigenvalue weighted by atomic mass is 79.9. The lowest BCUT2D eigenvalue weighted by molar-refractivity contribution is 0.613. The van der Waals surface area contributed by atoms with Crippen molar-refractivity contribution in [3.63, 3.8) is 0 Å². The number of aryl methyl sites for hydroxylation is 1. The Morgan fingerprint density at radius 1 is 1.56 bits per heavy atom. The average molecular weight is 329 g/mol. The predicted molar refractivity (Wildman–Crippen MR) is 76.2 cm³/mol. The zero-order valence-corrected chi connectivity index (χ0v) is 12.3. The molecular formula is C11H13BrN4OS. The van der Waals surface area contributed by atoms with Crippen molar-refractivity contribution in [2.24, 2.45) is 0 Å². The van der Waals surface area contributed by atoms with Gasteiger partial charge in [-0.2, -0.15) is 5.10 Å². The Labute approximate surface area is 117 Å². The van der Waals surface area contributed by atoms with Crippen LogP contribution in [-0.2, 0) is 13.0 Å². The maximum Gasteiger partial charge on any atom is 0.283 e. The van der Waals surface area contributed by atoms with Crippen molar-refractivity contribution in [3.05, 3.63) is 37.6 Å². The first-order valence-corrected chi connectivity index (χ1v) is 7.32. The lowest BCUT2D eigenvalue weighted by Gasteiger charge is -2.08. The summed E-state index contributed by atoms with van der Waals surface area (Å²) in [6, 6.07) is 0. The van der Waals surface area contributed by atoms with E-state index in [2.05, 4.69) is 31.3 Å². The summed E-state index contributed by atoms with van der Waals surface area (Å²) in [6.07, 6.45) is 2.49. The molecule has 2 heterocycles. The van der Waals surface area contributed by atoms with E-state index in [4.69, 9.17) is 0 Å². The van der Waals surface area contributed by atoms with Gasteiger partial charge in [0.05, 0.1) is 23.1 Å². The first-order chi connectivity index (χ1) is 8.72. The first kappa shape index (κ1) is 13.2. The van der Waals surface area contributed by atoms with Crippen LogP contribution in [0.2, 0.25) is 0 Å². The van der Waals surface area contributed by atoms with Gasteiger partial charge in [-0.15, -0.1) is 11.3 Å². The molecule has 0 aliphatic rings. The number of anilines is 1. The Balaban J connectivity index is 2.02. The number of thiazole rings is 1. The number of rotatable bonds is 5. The van der Waals surface area contributed by atoms with Gasteiger partial charge in [-0.05, 0) is 22.9 Å². The molecule has 18 heavy (non-hydrogen) atoms. The number of halogens is 1. The van der Waals surface area contributed by atoms with Gasteiger partial charge in [-0.1, -0.05) is 0 Å². The minimum atomic E-state index is -0.115. The van der Waals surface area contributed by atoms with Crippen LogP contribution in [-0.4, -0.2) is 21.3 Å². The maximum atomic E-state index is 11.8. The van der Waals surface area contributed by atoms with Crippen LogP contribution >= 0.6 is 27.3 Å². The Bertz CT molecular complexity index is 567. The van der Waals surface area contributed by atoms with Gasteiger partial charge in [0, 0.05) is 24.9 Å². The minimum absolute atomic E-state index is 0.115. The van der Waals surface area contributed by atoms with Gasteiger partial charge in [0.2, 0.25) is 0 Å². The number of hydrogen-bond acceptors (Lipinski definition) is 5. The average Bonchev–Trinajstić information content (AvgIpc) is 2.88. The second-order valence-electron chi connectivity index (χ2n) is 3.65. The molecule has 2 aromatic rings. The molecule has 2 aromatic heterocycles. The van der Waals surface area contributed by atoms with Gasteiger partial charge in [-0.25, -0.2) is 9.67 Å². The van der Waals surface area contributed by atoms with E-state index in [1.165, 1.54) is 4.68 Å². The second-order valence-corrected chi connectivity index (χ2v) is 5.16. The van der Waals surface area contributed by atoms with Crippen molar-refractivity contribution >= 4 is 33.0 Å². The van der Waals surface area contributed by atoms with Crippen LogP contribution in [0.4, 0.5) is 5.69 Å². The molecule has 0 atom stereocenters. The smallest absolute Gasteiger partial charge is 0.283 e. The number of hydrogen-bond donors (Lipinski definition) is 1. The Hall–Kier alpha value is -1.21. The van der Waals surface area contributed by atoms with Gasteiger partial charge in [0.15, 0.2) is 0 Å². The third-order valence-corrected chi connectivity index (χ3v) is 3.87. The highest BCUT2D eigenvalue weighted by molar-refractivity contribution is 9.10. The standard InChI is InChI=1S/C11H13BrN4OS/c1-2-16-11(17)10(12)9(5-15-16)13-4-3-8-6-18-7-14-8/h5-7,13H,2-4H2,1H3. The van der Waals surface area contributed by atoms with E-state index in [-0.39, 0.29) is 5.56 Å². The number of nitrogens with zero attached hydrogens (tertiary/aromatic N) is 3. The summed E-state index contributed by atoms with van der Waals surface area (Å²) in [6.45, 7) is 3.17. The first-order valence-electron chi connectivity index (χ1n) is 5.59. The van der Waals surface area contributed by atoms with Crippen LogP contribution in [0.25, 0.3) is 0 Å². The third-order valence-electron chi connectivity index (χ3n) is 2.46. The van der Waals surface area contributed by atoms with Crippen LogP contribution in [0, 0.1) is 0 Å². The molecule has 0 aromatic carbocycles. The minimum Gasteiger partial charge on any atom is -0.382 e. The molecule has 5 nitrogen and oxygen atoms in total. The maximum absolute atomic E-state index is 11.8. The molecule has 7 heteroatoms. The number of nitrogens with one attached hydrogen (secondary N) is 1. The van der Waals surface area contributed by atoms with E-state index in [1.807, 2.05) is 17.8 Å². The summed E-state index contributed by atoms with van der Waals surface area (Å²) in [5.74, 6) is 0. The SMILES string of the molecule is CCn1ncc(NCCc2cscn2)c(Br)c1=O. The summed E-state index contributed by atoms with van der Waals surface area (Å²) in [4.78, 5) is 16.0. The molecule has 1 N–H and O–H groups in total. The fraction of sp³-hybridized carbons (Fsp3) is 0.364. The van der Waals surface area contributed by atoms with Gasteiger partial charge in [0.1, 0.15) is 4.47 Å². The number of aromatic nitrogens is 3. The summed E-state index contributed by atoms with van der Waals surface area (Å²) < 4.78 is 1.94. The molecular weight excluding hydrogens is 316 g/mol. The molecule has 0 spiro atoms. The Morgan fingerprint density at radius 2 is 2.39 bits per heavy atom. The topological polar surface area (TPSA) is 59.8 Å². The van der Waals surface area contributed by atoms with E-state index in [0.717, 1.165) is 24.3 Å². The summed E-state index contributed by atoms with van der Waals surface area (Å²) in [5.41, 5.74) is 3.48. The van der Waals surface area contributed by atoms with Gasteiger partial charge < -0.3 is 5.32 Å². The van der Waals surface area contributed by atoms with E-state index >= 15 is 0 Å². The molecule has 0 fully saturated rings. The van der Waals surface area contributed by atoms with Crippen LogP contribution in [0.3, 0.4) is 0 Å². The Morgan fingerprint density at radius 3 is 3.06 bits per heavy atom. The molecule has 0 amide bonds. The second kappa shape index (κ2) is 6.10. The van der Waals surface area contributed by atoms with Crippen molar-refractivity contribution in [3.8, 4) is 0 Å². The molecule has 96 valence electrons. The molecule has 0 radical (unpaired) electrons. The van der Waals surface area contributed by atoms with Crippen LogP contribution < -0.4 is 10.9 Å². The summed E-state index contributed by atoms with van der Waals surface area (Å²) in [7, 11) is 0. The lowest BCUT2D eigenvalue weighted by atomic mass is 10.3. The van der Waals surface area contributed by atoms with E-state index < -0.39 is 0 Å². The summed E-state index contributed by atoms with van der Waals surface area (Å²) >= 11 is 4.88. The van der Waals surface area contributed by atoms with Gasteiger partial charge in [0.25, 0.3) is 5.56 Å². The van der Waals surface area contributed by atoms with Crippen molar-refractivity contribution in [1.29, 1.82) is 0 Å². The van der Waals surface area contributed by atoms with Gasteiger partial charge >= 0.3 is 0 Å². The molecule has 0 aliphatic heterocycles. The molecule has 0 unspecified atom stereocenters. The van der Waals surface area contributed by atoms with Crippen LogP contribution in [0.5, 0.6) is 0 Å². The van der Waals surface area contributed by atoms with Crippen molar-refractivity contribution in [2.75, 3.05) is 11.9 Å². The Kier molecular flexibility index (Phi) is 4.48. The van der Waals surface area contributed by atoms with E-state index in [9.17, 15) is 4.79 Å². The molecule has 0 saturated carbocycles. The van der Waals surface area contributed by atoms with Crippen LogP contribution in [0.1, 0.15) is 12.6 Å². The highest BCUT2D eigenvalue weighted by Gasteiger charge is 2.07. The largest absolute Gasteiger partial charge is 0.382 e. The fourth-order valence-electron chi connectivity index (χ4n) is 1.50. The monoisotopic (exact) mass is 328 g/mol. The van der Waals surface area contributed by atoms with E-state index in [1.54, 1.807) is 17.5 Å². The van der Waals surface area contributed by atoms with Crippen molar-refractivity contribution < 1.29 is 0 Å². The van der Waals surface area contributed by atoms with E-state index in [0.29, 0.717) is 11.0 Å². The quantitative estimate of drug-likeness (QED) is 0.913. The normalized spacial score (nSPS) is 10.6. The van der Waals surface area contributed by atoms with Crippen LogP contribution in [0.15, 0.2) is 26.4 Å². The van der Waals surface area contributed by atoms with Crippen molar-refractivity contribution in [2.45, 2.75) is 19.9 Å². The molecule has 0 bridgehead atoms. The third kappa shape index (κ3) is 2.97. The van der Waals surface area contributed by atoms with Gasteiger partial charge in [-0.3, -0.25) is 4.79 Å². The lowest BCUT2D eigenvalue weighted by Crippen LogP contribution is -2.24. The predicted octanol–water partition coefficient (Wildman–Crippen LogP) is 2.14. The highest BCUT2D eigenvalue weighted by Crippen LogP contribution is 2.16. The molecule has 2 rings (SSSR count). The fourth-order valence-corrected chi connectivity index (χ4v) is 2.54. The van der Waals surface area contributed by atoms with Crippen molar-refractivity contribution in [1.82, 2.24) is 14.8 Å². The summed E-state index contributed by atoms with van der Waals surface area (Å²) in [5, 5.41) is 9.27. The zero-order chi connectivity index (χ0) is 13.0. The molecule has 0 saturated heterocycles.